The van der Waals surface area contributed by atoms with Crippen molar-refractivity contribution in [3.63, 3.8) is 0 Å². The Hall–Kier alpha value is -3.08. The second-order valence-electron chi connectivity index (χ2n) is 5.38. The smallest absolute Gasteiger partial charge is 0.328 e. The molecule has 0 aliphatic heterocycles. The summed E-state index contributed by atoms with van der Waals surface area (Å²) in [5, 5.41) is 9.81. The lowest BCUT2D eigenvalue weighted by atomic mass is 10.2. The van der Waals surface area contributed by atoms with Crippen LogP contribution >= 0.6 is 0 Å². The number of nitrogens with zero attached hydrogens (tertiary/aromatic N) is 1. The second-order valence-corrected chi connectivity index (χ2v) is 5.38. The minimum absolute atomic E-state index is 0.298. The van der Waals surface area contributed by atoms with Gasteiger partial charge in [0.15, 0.2) is 0 Å². The van der Waals surface area contributed by atoms with Crippen LogP contribution in [0.25, 0.3) is 17.0 Å². The van der Waals surface area contributed by atoms with Crippen molar-refractivity contribution in [3.8, 4) is 5.75 Å². The Balaban J connectivity index is 2.11. The van der Waals surface area contributed by atoms with Gasteiger partial charge in [-0.15, -0.1) is 0 Å². The highest BCUT2D eigenvalue weighted by Gasteiger charge is 2.09. The number of rotatable bonds is 5. The van der Waals surface area contributed by atoms with Gasteiger partial charge >= 0.3 is 5.97 Å². The van der Waals surface area contributed by atoms with E-state index in [1.807, 2.05) is 34.9 Å². The predicted octanol–water partition coefficient (Wildman–Crippen LogP) is 3.94. The zero-order chi connectivity index (χ0) is 17.1. The zero-order valence-electron chi connectivity index (χ0n) is 13.1. The van der Waals surface area contributed by atoms with Gasteiger partial charge in [-0.1, -0.05) is 12.1 Å². The Morgan fingerprint density at radius 2 is 2.08 bits per heavy atom. The van der Waals surface area contributed by atoms with Gasteiger partial charge in [-0.3, -0.25) is 0 Å². The number of halogens is 1. The Labute approximate surface area is 138 Å². The first-order valence-electron chi connectivity index (χ1n) is 7.39. The van der Waals surface area contributed by atoms with Crippen LogP contribution in [0.15, 0.2) is 54.6 Å². The number of hydrogen-bond donors (Lipinski definition) is 1. The molecule has 1 aromatic heterocycles. The Morgan fingerprint density at radius 1 is 1.25 bits per heavy atom. The Bertz CT molecular complexity index is 928. The van der Waals surface area contributed by atoms with Crippen LogP contribution in [0, 0.1) is 5.82 Å². The van der Waals surface area contributed by atoms with Crippen LogP contribution in [0.1, 0.15) is 11.3 Å². The maximum absolute atomic E-state index is 13.4. The average molecular weight is 325 g/mol. The molecule has 3 rings (SSSR count). The van der Waals surface area contributed by atoms with E-state index in [9.17, 15) is 9.18 Å². The van der Waals surface area contributed by atoms with Gasteiger partial charge in [0.25, 0.3) is 0 Å². The second kappa shape index (κ2) is 6.58. The van der Waals surface area contributed by atoms with E-state index in [2.05, 4.69) is 0 Å². The van der Waals surface area contributed by atoms with Crippen molar-refractivity contribution in [2.24, 2.45) is 0 Å². The number of carboxylic acids is 1. The minimum Gasteiger partial charge on any atom is -0.497 e. The SMILES string of the molecule is COc1ccc2c(c1)cc(/C=C/C(=O)O)n2Cc1cccc(F)c1. The highest BCUT2D eigenvalue weighted by molar-refractivity contribution is 5.89. The summed E-state index contributed by atoms with van der Waals surface area (Å²) in [6, 6.07) is 13.9. The first kappa shape index (κ1) is 15.8. The fourth-order valence-electron chi connectivity index (χ4n) is 2.69. The fourth-order valence-corrected chi connectivity index (χ4v) is 2.69. The molecule has 2 aromatic carbocycles. The van der Waals surface area contributed by atoms with Crippen LogP contribution in [0.2, 0.25) is 0 Å². The van der Waals surface area contributed by atoms with Crippen LogP contribution in [-0.4, -0.2) is 22.8 Å². The standard InChI is InChI=1S/C19H16FNO3/c1-24-17-6-7-18-14(11-17)10-16(5-8-19(22)23)21(18)12-13-3-2-4-15(20)9-13/h2-11H,12H2,1H3,(H,22,23)/b8-5+. The third-order valence-electron chi connectivity index (χ3n) is 3.77. The summed E-state index contributed by atoms with van der Waals surface area (Å²) in [7, 11) is 1.59. The summed E-state index contributed by atoms with van der Waals surface area (Å²) in [6.45, 7) is 0.437. The molecule has 4 nitrogen and oxygen atoms in total. The molecule has 0 aliphatic carbocycles. The molecule has 24 heavy (non-hydrogen) atoms. The number of benzene rings is 2. The van der Waals surface area contributed by atoms with Crippen molar-refractivity contribution in [2.45, 2.75) is 6.54 Å². The molecule has 0 spiro atoms. The van der Waals surface area contributed by atoms with Gasteiger partial charge in [0.05, 0.1) is 7.11 Å². The van der Waals surface area contributed by atoms with Crippen LogP contribution < -0.4 is 4.74 Å². The van der Waals surface area contributed by atoms with Crippen molar-refractivity contribution in [1.82, 2.24) is 4.57 Å². The van der Waals surface area contributed by atoms with Gasteiger partial charge in [0.2, 0.25) is 0 Å². The molecule has 0 saturated carbocycles. The van der Waals surface area contributed by atoms with Gasteiger partial charge in [-0.25, -0.2) is 9.18 Å². The lowest BCUT2D eigenvalue weighted by molar-refractivity contribution is -0.131. The third-order valence-corrected chi connectivity index (χ3v) is 3.77. The number of aliphatic carboxylic acids is 1. The third kappa shape index (κ3) is 3.30. The molecule has 0 fully saturated rings. The number of ether oxygens (including phenoxy) is 1. The summed E-state index contributed by atoms with van der Waals surface area (Å²) in [4.78, 5) is 10.8. The fraction of sp³-hybridized carbons (Fsp3) is 0.105. The highest BCUT2D eigenvalue weighted by atomic mass is 19.1. The maximum atomic E-state index is 13.4. The maximum Gasteiger partial charge on any atom is 0.328 e. The van der Waals surface area contributed by atoms with Gasteiger partial charge in [-0.2, -0.15) is 0 Å². The monoisotopic (exact) mass is 325 g/mol. The van der Waals surface area contributed by atoms with E-state index in [1.165, 1.54) is 18.2 Å². The van der Waals surface area contributed by atoms with Crippen molar-refractivity contribution >= 4 is 22.9 Å². The van der Waals surface area contributed by atoms with Crippen LogP contribution in [0.5, 0.6) is 5.75 Å². The average Bonchev–Trinajstić information content (AvgIpc) is 2.90. The van der Waals surface area contributed by atoms with E-state index in [0.29, 0.717) is 6.54 Å². The molecular formula is C19H16FNO3. The molecule has 3 aromatic rings. The van der Waals surface area contributed by atoms with Gasteiger partial charge in [-0.05, 0) is 48.0 Å². The van der Waals surface area contributed by atoms with Crippen molar-refractivity contribution in [1.29, 1.82) is 0 Å². The number of carboxylic acid groups (broad SMARTS) is 1. The van der Waals surface area contributed by atoms with Crippen molar-refractivity contribution < 1.29 is 19.0 Å². The summed E-state index contributed by atoms with van der Waals surface area (Å²) < 4.78 is 20.6. The van der Waals surface area contributed by atoms with E-state index in [4.69, 9.17) is 9.84 Å². The molecule has 0 atom stereocenters. The quantitative estimate of drug-likeness (QED) is 0.723. The summed E-state index contributed by atoms with van der Waals surface area (Å²) >= 11 is 0. The first-order chi connectivity index (χ1) is 11.6. The molecule has 1 heterocycles. The van der Waals surface area contributed by atoms with Gasteiger partial charge in [0, 0.05) is 29.2 Å². The predicted molar refractivity (Wildman–Crippen MR) is 90.7 cm³/mol. The van der Waals surface area contributed by atoms with E-state index in [0.717, 1.165) is 34.0 Å². The van der Waals surface area contributed by atoms with E-state index >= 15 is 0 Å². The molecule has 0 radical (unpaired) electrons. The normalized spacial score (nSPS) is 11.2. The molecule has 0 aliphatic rings. The number of carbonyl (C=O) groups is 1. The van der Waals surface area contributed by atoms with Crippen molar-refractivity contribution in [3.05, 3.63) is 71.7 Å². The minimum atomic E-state index is -1.02. The Morgan fingerprint density at radius 3 is 2.79 bits per heavy atom. The molecule has 0 saturated heterocycles. The summed E-state index contributed by atoms with van der Waals surface area (Å²) in [5.41, 5.74) is 2.45. The van der Waals surface area contributed by atoms with E-state index < -0.39 is 5.97 Å². The molecule has 0 bridgehead atoms. The lowest BCUT2D eigenvalue weighted by Crippen LogP contribution is -2.02. The lowest BCUT2D eigenvalue weighted by Gasteiger charge is -2.09. The molecule has 122 valence electrons. The molecule has 0 unspecified atom stereocenters. The molecular weight excluding hydrogens is 309 g/mol. The number of aromatic nitrogens is 1. The largest absolute Gasteiger partial charge is 0.497 e. The summed E-state index contributed by atoms with van der Waals surface area (Å²) in [5.74, 6) is -0.595. The van der Waals surface area contributed by atoms with Crippen LogP contribution in [0.4, 0.5) is 4.39 Å². The molecule has 0 amide bonds. The highest BCUT2D eigenvalue weighted by Crippen LogP contribution is 2.26. The van der Waals surface area contributed by atoms with Crippen LogP contribution in [-0.2, 0) is 11.3 Å². The van der Waals surface area contributed by atoms with Crippen molar-refractivity contribution in [2.75, 3.05) is 7.11 Å². The molecule has 1 N–H and O–H groups in total. The van der Waals surface area contributed by atoms with E-state index in [-0.39, 0.29) is 5.82 Å². The molecule has 5 heteroatoms. The van der Waals surface area contributed by atoms with E-state index in [1.54, 1.807) is 13.2 Å². The Kier molecular flexibility index (Phi) is 4.33. The van der Waals surface area contributed by atoms with Gasteiger partial charge < -0.3 is 14.4 Å². The van der Waals surface area contributed by atoms with Gasteiger partial charge in [0.1, 0.15) is 11.6 Å². The number of fused-ring (bicyclic) bond motifs is 1. The summed E-state index contributed by atoms with van der Waals surface area (Å²) in [6.07, 6.45) is 2.63. The topological polar surface area (TPSA) is 51.5 Å². The number of methoxy groups -OCH3 is 1. The first-order valence-corrected chi connectivity index (χ1v) is 7.39. The zero-order valence-corrected chi connectivity index (χ0v) is 13.1. The number of hydrogen-bond acceptors (Lipinski definition) is 2. The van der Waals surface area contributed by atoms with Crippen LogP contribution in [0.3, 0.4) is 0 Å².